The molecule has 32 heavy (non-hydrogen) atoms. The highest BCUT2D eigenvalue weighted by Gasteiger charge is 2.56. The van der Waals surface area contributed by atoms with Crippen LogP contribution in [0.25, 0.3) is 0 Å². The van der Waals surface area contributed by atoms with E-state index in [4.69, 9.17) is 4.74 Å². The van der Waals surface area contributed by atoms with E-state index in [1.165, 1.54) is 22.3 Å². The first-order valence-electron chi connectivity index (χ1n) is 12.0. The molecular weight excluding hydrogens is 396 g/mol. The number of hydrogen-bond donors (Lipinski definition) is 2. The van der Waals surface area contributed by atoms with Crippen molar-refractivity contribution >= 4 is 0 Å². The van der Waals surface area contributed by atoms with Crippen molar-refractivity contribution in [3.63, 3.8) is 0 Å². The van der Waals surface area contributed by atoms with Crippen molar-refractivity contribution in [3.8, 4) is 11.5 Å². The summed E-state index contributed by atoms with van der Waals surface area (Å²) >= 11 is 0. The highest BCUT2D eigenvalue weighted by Crippen LogP contribution is 2.63. The fraction of sp³-hybridized carbons (Fsp3) is 0.586. The van der Waals surface area contributed by atoms with Crippen molar-refractivity contribution in [2.75, 3.05) is 0 Å². The van der Waals surface area contributed by atoms with E-state index in [0.29, 0.717) is 23.7 Å². The summed E-state index contributed by atoms with van der Waals surface area (Å²) < 4.78 is 5.25. The Morgan fingerprint density at radius 3 is 1.28 bits per heavy atom. The lowest BCUT2D eigenvalue weighted by molar-refractivity contribution is 0.0300. The minimum Gasteiger partial charge on any atom is -0.508 e. The van der Waals surface area contributed by atoms with Crippen LogP contribution in [0.3, 0.4) is 0 Å². The molecule has 0 aliphatic heterocycles. The smallest absolute Gasteiger partial charge is 0.118 e. The lowest BCUT2D eigenvalue weighted by Gasteiger charge is -2.30. The van der Waals surface area contributed by atoms with Gasteiger partial charge in [0.25, 0.3) is 0 Å². The molecule has 3 nitrogen and oxygen atoms in total. The van der Waals surface area contributed by atoms with E-state index in [0.717, 1.165) is 24.0 Å². The van der Waals surface area contributed by atoms with Crippen molar-refractivity contribution < 1.29 is 14.9 Å². The summed E-state index contributed by atoms with van der Waals surface area (Å²) in [6, 6.07) is 8.31. The van der Waals surface area contributed by atoms with Gasteiger partial charge in [0.1, 0.15) is 11.5 Å². The molecule has 1 spiro atoms. The first-order valence-corrected chi connectivity index (χ1v) is 12.0. The lowest BCUT2D eigenvalue weighted by atomic mass is 9.72. The number of hydrogen-bond acceptors (Lipinski definition) is 3. The summed E-state index contributed by atoms with van der Waals surface area (Å²) in [4.78, 5) is 0. The minimum atomic E-state index is -0.131. The van der Waals surface area contributed by atoms with Gasteiger partial charge < -0.3 is 14.9 Å². The topological polar surface area (TPSA) is 49.7 Å². The molecule has 2 aliphatic carbocycles. The molecule has 3 heteroatoms. The molecule has 0 saturated carbocycles. The van der Waals surface area contributed by atoms with Crippen LogP contribution >= 0.6 is 0 Å². The number of aromatic hydroxyl groups is 2. The van der Waals surface area contributed by atoms with Gasteiger partial charge in [-0.1, -0.05) is 39.8 Å². The summed E-state index contributed by atoms with van der Waals surface area (Å²) in [5, 5.41) is 20.8. The predicted molar refractivity (Wildman–Crippen MR) is 133 cm³/mol. The highest BCUT2D eigenvalue weighted by atomic mass is 16.5. The monoisotopic (exact) mass is 438 g/mol. The Balaban J connectivity index is 0.000000360. The average molecular weight is 439 g/mol. The summed E-state index contributed by atoms with van der Waals surface area (Å²) in [6.45, 7) is 21.3. The zero-order valence-corrected chi connectivity index (χ0v) is 21.7. The van der Waals surface area contributed by atoms with Gasteiger partial charge >= 0.3 is 0 Å². The number of fused-ring (bicyclic) bond motifs is 4. The van der Waals surface area contributed by atoms with Gasteiger partial charge in [0, 0.05) is 5.41 Å². The molecule has 2 N–H and O–H groups in total. The summed E-state index contributed by atoms with van der Waals surface area (Å²) in [7, 11) is 0. The first kappa shape index (κ1) is 24.6. The van der Waals surface area contributed by atoms with Crippen LogP contribution in [0.2, 0.25) is 0 Å². The van der Waals surface area contributed by atoms with Gasteiger partial charge in [0.2, 0.25) is 0 Å². The van der Waals surface area contributed by atoms with Gasteiger partial charge in [0.15, 0.2) is 0 Å². The van der Waals surface area contributed by atoms with Crippen LogP contribution in [0.1, 0.15) is 102 Å². The lowest BCUT2D eigenvalue weighted by Crippen LogP contribution is -2.26. The molecule has 2 aromatic carbocycles. The Bertz CT molecular complexity index is 930. The zero-order valence-electron chi connectivity index (χ0n) is 21.7. The first-order chi connectivity index (χ1) is 14.6. The molecule has 0 saturated heterocycles. The summed E-state index contributed by atoms with van der Waals surface area (Å²) in [6.07, 6.45) is 2.77. The Morgan fingerprint density at radius 1 is 0.656 bits per heavy atom. The van der Waals surface area contributed by atoms with Crippen LogP contribution < -0.4 is 0 Å². The van der Waals surface area contributed by atoms with Crippen molar-refractivity contribution in [1.82, 2.24) is 0 Å². The fourth-order valence-electron chi connectivity index (χ4n) is 6.14. The van der Waals surface area contributed by atoms with E-state index in [1.807, 2.05) is 53.7 Å². The fourth-order valence-corrected chi connectivity index (χ4v) is 6.14. The van der Waals surface area contributed by atoms with Gasteiger partial charge in [0.05, 0.1) is 12.2 Å². The quantitative estimate of drug-likeness (QED) is 0.522. The van der Waals surface area contributed by atoms with Crippen LogP contribution in [0, 0.1) is 13.8 Å². The van der Waals surface area contributed by atoms with Gasteiger partial charge in [-0.15, -0.1) is 0 Å². The van der Waals surface area contributed by atoms with Crippen LogP contribution in [0.15, 0.2) is 24.3 Å². The number of phenols is 2. The molecule has 0 amide bonds. The average Bonchev–Trinajstić information content (AvgIpc) is 2.96. The van der Waals surface area contributed by atoms with Crippen molar-refractivity contribution in [2.24, 2.45) is 0 Å². The number of benzene rings is 2. The maximum Gasteiger partial charge on any atom is 0.118 e. The van der Waals surface area contributed by atoms with Gasteiger partial charge in [-0.05, 0) is 111 Å². The Labute approximate surface area is 194 Å². The van der Waals surface area contributed by atoms with Crippen molar-refractivity contribution in [1.29, 1.82) is 0 Å². The molecule has 176 valence electrons. The van der Waals surface area contributed by atoms with E-state index >= 15 is 0 Å². The maximum absolute atomic E-state index is 10.4. The summed E-state index contributed by atoms with van der Waals surface area (Å²) in [5.74, 6) is 0.747. The van der Waals surface area contributed by atoms with Gasteiger partial charge in [-0.2, -0.15) is 0 Å². The van der Waals surface area contributed by atoms with Crippen LogP contribution in [-0.4, -0.2) is 22.4 Å². The molecule has 0 atom stereocenters. The maximum atomic E-state index is 10.4. The molecule has 2 aromatic rings. The molecule has 0 fully saturated rings. The Morgan fingerprint density at radius 2 is 1.00 bits per heavy atom. The Kier molecular flexibility index (Phi) is 6.23. The molecule has 0 radical (unpaired) electrons. The third-order valence-electron chi connectivity index (χ3n) is 7.19. The second-order valence-electron chi connectivity index (χ2n) is 11.8. The molecule has 0 bridgehead atoms. The number of phenolic OH excluding ortho intramolecular Hbond substituents is 2. The van der Waals surface area contributed by atoms with Crippen LogP contribution in [0.5, 0.6) is 11.5 Å². The SMILES string of the molecule is CC(C)OC(C)C.Cc1cc2c(cc1O)C1(CC2(C)C)CC(C)(C)c2cc(C)c(O)cc21. The zero-order chi connectivity index (χ0) is 24.2. The second-order valence-corrected chi connectivity index (χ2v) is 11.8. The summed E-state index contributed by atoms with van der Waals surface area (Å²) in [5.41, 5.74) is 7.01. The molecular formula is C29H42O3. The number of ether oxygens (including phenoxy) is 1. The number of aryl methyl sites for hydroxylation is 2. The van der Waals surface area contributed by atoms with E-state index in [1.54, 1.807) is 0 Å². The molecule has 4 rings (SSSR count). The third kappa shape index (κ3) is 4.17. The third-order valence-corrected chi connectivity index (χ3v) is 7.19. The van der Waals surface area contributed by atoms with E-state index in [2.05, 4.69) is 39.8 Å². The normalized spacial score (nSPS) is 19.1. The standard InChI is InChI=1S/C23H28O2.C6H14O/c1-13-7-15-17(9-19(13)24)23(11-21(15,3)4)12-22(5,6)16-8-14(2)20(25)10-18(16)23;1-5(2)7-6(3)4/h7-10,24-25H,11-12H2,1-6H3;5-6H,1-4H3. The number of rotatable bonds is 2. The second kappa shape index (κ2) is 8.09. The van der Waals surface area contributed by atoms with Crippen molar-refractivity contribution in [3.05, 3.63) is 57.6 Å². The van der Waals surface area contributed by atoms with E-state index in [9.17, 15) is 10.2 Å². The Hall–Kier alpha value is -2.00. The minimum absolute atomic E-state index is 0.0476. The van der Waals surface area contributed by atoms with Crippen LogP contribution in [0.4, 0.5) is 0 Å². The largest absolute Gasteiger partial charge is 0.508 e. The predicted octanol–water partition coefficient (Wildman–Crippen LogP) is 7.18. The van der Waals surface area contributed by atoms with E-state index < -0.39 is 0 Å². The van der Waals surface area contributed by atoms with Crippen molar-refractivity contribution in [2.45, 2.75) is 111 Å². The van der Waals surface area contributed by atoms with E-state index in [-0.39, 0.29) is 16.2 Å². The highest BCUT2D eigenvalue weighted by molar-refractivity contribution is 5.63. The molecule has 0 unspecified atom stereocenters. The molecule has 0 aromatic heterocycles. The molecule has 0 heterocycles. The van der Waals surface area contributed by atoms with Crippen LogP contribution in [-0.2, 0) is 21.0 Å². The van der Waals surface area contributed by atoms with Gasteiger partial charge in [-0.25, -0.2) is 0 Å². The van der Waals surface area contributed by atoms with Gasteiger partial charge in [-0.3, -0.25) is 0 Å². The molecule has 2 aliphatic rings.